The van der Waals surface area contributed by atoms with Gasteiger partial charge in [0, 0.05) is 22.6 Å². The van der Waals surface area contributed by atoms with Crippen LogP contribution in [0.4, 0.5) is 5.69 Å². The predicted molar refractivity (Wildman–Crippen MR) is 150 cm³/mol. The monoisotopic (exact) mass is 567 g/mol. The molecule has 0 spiro atoms. The van der Waals surface area contributed by atoms with Gasteiger partial charge in [0.05, 0.1) is 11.9 Å². The predicted octanol–water partition coefficient (Wildman–Crippen LogP) is 5.24. The molecule has 202 valence electrons. The van der Waals surface area contributed by atoms with Crippen molar-refractivity contribution in [2.24, 2.45) is 0 Å². The number of amides is 2. The molecule has 0 aromatic heterocycles. The van der Waals surface area contributed by atoms with Gasteiger partial charge in [0.1, 0.15) is 12.6 Å². The summed E-state index contributed by atoms with van der Waals surface area (Å²) in [4.78, 5) is 28.4. The molecule has 0 heterocycles. The molecule has 3 rings (SSSR count). The zero-order chi connectivity index (χ0) is 27.3. The van der Waals surface area contributed by atoms with E-state index in [9.17, 15) is 18.0 Å². The van der Waals surface area contributed by atoms with Crippen LogP contribution in [0.25, 0.3) is 0 Å². The van der Waals surface area contributed by atoms with E-state index < -0.39 is 28.5 Å². The van der Waals surface area contributed by atoms with E-state index >= 15 is 0 Å². The molecule has 2 aromatic rings. The van der Waals surface area contributed by atoms with E-state index in [0.717, 1.165) is 53.8 Å². The molecular weight excluding hydrogens is 533 g/mol. The molecule has 1 aliphatic rings. The van der Waals surface area contributed by atoms with Gasteiger partial charge in [-0.2, -0.15) is 0 Å². The number of halogens is 2. The third-order valence-corrected chi connectivity index (χ3v) is 8.50. The second kappa shape index (κ2) is 12.5. The van der Waals surface area contributed by atoms with Gasteiger partial charge in [0.15, 0.2) is 0 Å². The van der Waals surface area contributed by atoms with Crippen LogP contribution in [-0.4, -0.2) is 50.0 Å². The molecule has 1 atom stereocenters. The van der Waals surface area contributed by atoms with Gasteiger partial charge in [-0.1, -0.05) is 60.7 Å². The van der Waals surface area contributed by atoms with Crippen LogP contribution in [0.1, 0.15) is 55.7 Å². The number of sulfonamides is 1. The molecule has 1 fully saturated rings. The van der Waals surface area contributed by atoms with Crippen LogP contribution in [-0.2, 0) is 26.2 Å². The van der Waals surface area contributed by atoms with Crippen molar-refractivity contribution in [2.45, 2.75) is 71.5 Å². The van der Waals surface area contributed by atoms with Crippen molar-refractivity contribution in [2.75, 3.05) is 17.1 Å². The minimum absolute atomic E-state index is 0.0263. The standard InChI is InChI=1S/C27H35Cl2N3O4S/c1-18-10-11-19(2)25(14-18)32(37(4,35)36)17-26(33)31(16-21-12-13-22(28)15-24(21)29)20(3)27(34)30-23-8-6-5-7-9-23/h10-15,20,23H,5-9,16-17H2,1-4H3,(H,30,34)/t20-/m0/s1. The summed E-state index contributed by atoms with van der Waals surface area (Å²) in [5.41, 5.74) is 2.62. The highest BCUT2D eigenvalue weighted by Crippen LogP contribution is 2.26. The van der Waals surface area contributed by atoms with Crippen LogP contribution >= 0.6 is 23.2 Å². The summed E-state index contributed by atoms with van der Waals surface area (Å²) in [5.74, 6) is -0.786. The molecule has 0 radical (unpaired) electrons. The van der Waals surface area contributed by atoms with Gasteiger partial charge >= 0.3 is 0 Å². The largest absolute Gasteiger partial charge is 0.352 e. The number of nitrogens with one attached hydrogen (secondary N) is 1. The van der Waals surface area contributed by atoms with E-state index in [1.807, 2.05) is 19.1 Å². The van der Waals surface area contributed by atoms with Gasteiger partial charge in [-0.3, -0.25) is 13.9 Å². The lowest BCUT2D eigenvalue weighted by molar-refractivity contribution is -0.139. The van der Waals surface area contributed by atoms with Crippen LogP contribution in [0.3, 0.4) is 0 Å². The van der Waals surface area contributed by atoms with Gasteiger partial charge in [-0.25, -0.2) is 8.42 Å². The van der Waals surface area contributed by atoms with E-state index in [0.29, 0.717) is 21.3 Å². The second-order valence-electron chi connectivity index (χ2n) is 9.84. The Morgan fingerprint density at radius 2 is 1.73 bits per heavy atom. The number of benzene rings is 2. The SMILES string of the molecule is Cc1ccc(C)c(N(CC(=O)N(Cc2ccc(Cl)cc2Cl)[C@@H](C)C(=O)NC2CCCCC2)S(C)(=O)=O)c1. The lowest BCUT2D eigenvalue weighted by atomic mass is 9.95. The number of hydrogen-bond acceptors (Lipinski definition) is 4. The number of rotatable bonds is 9. The highest BCUT2D eigenvalue weighted by molar-refractivity contribution is 7.92. The van der Waals surface area contributed by atoms with Crippen LogP contribution < -0.4 is 9.62 Å². The third-order valence-electron chi connectivity index (χ3n) is 6.79. The van der Waals surface area contributed by atoms with Gasteiger partial charge in [0.2, 0.25) is 21.8 Å². The second-order valence-corrected chi connectivity index (χ2v) is 12.6. The Balaban J connectivity index is 1.93. The Morgan fingerprint density at radius 1 is 1.05 bits per heavy atom. The quantitative estimate of drug-likeness (QED) is 0.448. The fourth-order valence-corrected chi connectivity index (χ4v) is 5.93. The molecule has 0 unspecified atom stereocenters. The number of carbonyl (C=O) groups is 2. The van der Waals surface area contributed by atoms with E-state index in [1.54, 1.807) is 38.1 Å². The Hall–Kier alpha value is -2.29. The van der Waals surface area contributed by atoms with Crippen molar-refractivity contribution < 1.29 is 18.0 Å². The summed E-state index contributed by atoms with van der Waals surface area (Å²) >= 11 is 12.5. The van der Waals surface area contributed by atoms with E-state index in [4.69, 9.17) is 23.2 Å². The van der Waals surface area contributed by atoms with E-state index in [2.05, 4.69) is 5.32 Å². The van der Waals surface area contributed by atoms with Gasteiger partial charge in [-0.05, 0) is 68.5 Å². The molecular formula is C27H35Cl2N3O4S. The van der Waals surface area contributed by atoms with Crippen LogP contribution in [0, 0.1) is 13.8 Å². The minimum Gasteiger partial charge on any atom is -0.352 e. The van der Waals surface area contributed by atoms with Crippen molar-refractivity contribution in [3.63, 3.8) is 0 Å². The first-order chi connectivity index (χ1) is 17.4. The lowest BCUT2D eigenvalue weighted by Gasteiger charge is -2.33. The summed E-state index contributed by atoms with van der Waals surface area (Å²) in [6.07, 6.45) is 6.15. The first-order valence-electron chi connectivity index (χ1n) is 12.5. The maximum absolute atomic E-state index is 13.8. The fraction of sp³-hybridized carbons (Fsp3) is 0.481. The average Bonchev–Trinajstić information content (AvgIpc) is 2.83. The Bertz CT molecular complexity index is 1250. The molecule has 1 aliphatic carbocycles. The number of hydrogen-bond donors (Lipinski definition) is 1. The van der Waals surface area contributed by atoms with E-state index in [1.165, 1.54) is 4.90 Å². The normalized spacial score (nSPS) is 15.2. The van der Waals surface area contributed by atoms with Crippen molar-refractivity contribution in [3.05, 3.63) is 63.1 Å². The number of aryl methyl sites for hydroxylation is 2. The highest BCUT2D eigenvalue weighted by Gasteiger charge is 2.32. The Kier molecular flexibility index (Phi) is 9.89. The molecule has 0 saturated heterocycles. The smallest absolute Gasteiger partial charge is 0.244 e. The van der Waals surface area contributed by atoms with Gasteiger partial charge < -0.3 is 10.2 Å². The van der Waals surface area contributed by atoms with Crippen molar-refractivity contribution in [3.8, 4) is 0 Å². The van der Waals surface area contributed by atoms with E-state index in [-0.39, 0.29) is 18.5 Å². The molecule has 1 saturated carbocycles. The van der Waals surface area contributed by atoms with Crippen molar-refractivity contribution >= 4 is 50.7 Å². The highest BCUT2D eigenvalue weighted by atomic mass is 35.5. The number of nitrogens with zero attached hydrogens (tertiary/aromatic N) is 2. The molecule has 2 amide bonds. The summed E-state index contributed by atoms with van der Waals surface area (Å²) < 4.78 is 26.7. The zero-order valence-electron chi connectivity index (χ0n) is 21.8. The van der Waals surface area contributed by atoms with Gasteiger partial charge in [0.25, 0.3) is 0 Å². The molecule has 1 N–H and O–H groups in total. The summed E-state index contributed by atoms with van der Waals surface area (Å²) in [6, 6.07) is 9.61. The molecule has 7 nitrogen and oxygen atoms in total. The van der Waals surface area contributed by atoms with Crippen molar-refractivity contribution in [1.29, 1.82) is 0 Å². The number of anilines is 1. The first kappa shape index (κ1) is 29.3. The molecule has 0 aliphatic heterocycles. The molecule has 2 aromatic carbocycles. The zero-order valence-corrected chi connectivity index (χ0v) is 24.1. The Labute approximate surface area is 230 Å². The number of carbonyl (C=O) groups excluding carboxylic acids is 2. The third kappa shape index (κ3) is 7.85. The first-order valence-corrected chi connectivity index (χ1v) is 15.1. The summed E-state index contributed by atoms with van der Waals surface area (Å²) in [7, 11) is -3.80. The van der Waals surface area contributed by atoms with Crippen LogP contribution in [0.2, 0.25) is 10.0 Å². The maximum atomic E-state index is 13.8. The average molecular weight is 569 g/mol. The van der Waals surface area contributed by atoms with Crippen molar-refractivity contribution in [1.82, 2.24) is 10.2 Å². The van der Waals surface area contributed by atoms with Crippen LogP contribution in [0.5, 0.6) is 0 Å². The molecule has 37 heavy (non-hydrogen) atoms. The summed E-state index contributed by atoms with van der Waals surface area (Å²) in [6.45, 7) is 4.89. The topological polar surface area (TPSA) is 86.8 Å². The molecule has 0 bridgehead atoms. The molecule has 10 heteroatoms. The van der Waals surface area contributed by atoms with Gasteiger partial charge in [-0.15, -0.1) is 0 Å². The maximum Gasteiger partial charge on any atom is 0.244 e. The van der Waals surface area contributed by atoms with Crippen LogP contribution in [0.15, 0.2) is 36.4 Å². The summed E-state index contributed by atoms with van der Waals surface area (Å²) in [5, 5.41) is 3.89. The lowest BCUT2D eigenvalue weighted by Crippen LogP contribution is -2.53. The fourth-order valence-electron chi connectivity index (χ4n) is 4.57. The Morgan fingerprint density at radius 3 is 2.35 bits per heavy atom. The minimum atomic E-state index is -3.80.